The van der Waals surface area contributed by atoms with Crippen LogP contribution < -0.4 is 0 Å². The third-order valence-electron chi connectivity index (χ3n) is 3.88. The van der Waals surface area contributed by atoms with E-state index in [4.69, 9.17) is 4.52 Å². The van der Waals surface area contributed by atoms with Crippen molar-refractivity contribution < 1.29 is 9.32 Å². The lowest BCUT2D eigenvalue weighted by Gasteiger charge is -2.31. The molecule has 1 aliphatic heterocycles. The number of amides is 1. The highest BCUT2D eigenvalue weighted by atomic mass is 16.5. The molecule has 0 N–H and O–H groups in total. The molecule has 1 unspecified atom stereocenters. The van der Waals surface area contributed by atoms with Crippen LogP contribution in [0.3, 0.4) is 0 Å². The van der Waals surface area contributed by atoms with Crippen LogP contribution in [0.5, 0.6) is 0 Å². The zero-order valence-corrected chi connectivity index (χ0v) is 12.8. The van der Waals surface area contributed by atoms with Gasteiger partial charge in [-0.1, -0.05) is 12.1 Å². The van der Waals surface area contributed by atoms with Gasteiger partial charge in [-0.2, -0.15) is 0 Å². The third-order valence-corrected chi connectivity index (χ3v) is 3.88. The molecular weight excluding hydrogens is 254 g/mol. The smallest absolute Gasteiger partial charge is 0.224 e. The quantitative estimate of drug-likeness (QED) is 0.828. The Morgan fingerprint density at radius 3 is 3.05 bits per heavy atom. The summed E-state index contributed by atoms with van der Waals surface area (Å²) in [6.07, 6.45) is 3.15. The minimum atomic E-state index is 0.164. The van der Waals surface area contributed by atoms with Gasteiger partial charge >= 0.3 is 0 Å². The first-order valence-electron chi connectivity index (χ1n) is 7.43. The molecule has 20 heavy (non-hydrogen) atoms. The summed E-state index contributed by atoms with van der Waals surface area (Å²) in [4.78, 5) is 16.2. The molecule has 112 valence electrons. The Labute approximate surface area is 120 Å². The summed E-state index contributed by atoms with van der Waals surface area (Å²) in [5.74, 6) is 1.66. The van der Waals surface area contributed by atoms with Gasteiger partial charge in [-0.05, 0) is 32.2 Å². The molecule has 5 nitrogen and oxygen atoms in total. The fraction of sp³-hybridized carbons (Fsp3) is 0.733. The number of hydrogen-bond donors (Lipinski definition) is 0. The Kier molecular flexibility index (Phi) is 5.17. The van der Waals surface area contributed by atoms with Gasteiger partial charge in [0.25, 0.3) is 0 Å². The molecule has 2 rings (SSSR count). The van der Waals surface area contributed by atoms with Crippen molar-refractivity contribution in [2.24, 2.45) is 5.92 Å². The van der Waals surface area contributed by atoms with Crippen molar-refractivity contribution in [3.63, 3.8) is 0 Å². The van der Waals surface area contributed by atoms with E-state index in [1.165, 1.54) is 12.8 Å². The van der Waals surface area contributed by atoms with Crippen molar-refractivity contribution in [3.8, 4) is 0 Å². The summed E-state index contributed by atoms with van der Waals surface area (Å²) in [6, 6.07) is 1.87. The molecule has 1 fully saturated rings. The van der Waals surface area contributed by atoms with E-state index in [1.54, 1.807) is 4.90 Å². The molecule has 0 saturated carbocycles. The van der Waals surface area contributed by atoms with E-state index >= 15 is 0 Å². The molecule has 1 saturated heterocycles. The lowest BCUT2D eigenvalue weighted by Crippen LogP contribution is -2.37. The molecule has 1 atom stereocenters. The predicted octanol–water partition coefficient (Wildman–Crippen LogP) is 2.06. The number of likely N-dealkylation sites (tertiary alicyclic amines) is 1. The molecule has 1 aliphatic rings. The van der Waals surface area contributed by atoms with Gasteiger partial charge in [0.1, 0.15) is 0 Å². The number of carbonyl (C=O) groups is 1. The van der Waals surface area contributed by atoms with Crippen LogP contribution in [0.25, 0.3) is 0 Å². The first kappa shape index (κ1) is 15.0. The van der Waals surface area contributed by atoms with Gasteiger partial charge in [0.2, 0.25) is 5.91 Å². The largest absolute Gasteiger partial charge is 0.359 e. The minimum Gasteiger partial charge on any atom is -0.359 e. The number of aryl methyl sites for hydroxylation is 1. The van der Waals surface area contributed by atoms with Gasteiger partial charge in [0.15, 0.2) is 5.76 Å². The minimum absolute atomic E-state index is 0.164. The lowest BCUT2D eigenvalue weighted by molar-refractivity contribution is -0.131. The third kappa shape index (κ3) is 4.34. The van der Waals surface area contributed by atoms with E-state index in [2.05, 4.69) is 17.0 Å². The van der Waals surface area contributed by atoms with Crippen LogP contribution >= 0.6 is 0 Å². The van der Waals surface area contributed by atoms with Gasteiger partial charge < -0.3 is 14.3 Å². The zero-order valence-electron chi connectivity index (χ0n) is 12.8. The van der Waals surface area contributed by atoms with E-state index in [0.717, 1.165) is 37.0 Å². The Hall–Kier alpha value is -1.36. The molecule has 5 heteroatoms. The summed E-state index contributed by atoms with van der Waals surface area (Å²) in [6.45, 7) is 7.78. The standard InChI is InChI=1S/C15H25N3O2/c1-12-5-4-7-18(10-12)8-6-15(19)17(3)11-14-9-13(2)16-20-14/h9,12H,4-8,10-11H2,1-3H3. The summed E-state index contributed by atoms with van der Waals surface area (Å²) in [5.41, 5.74) is 0.850. The maximum Gasteiger partial charge on any atom is 0.224 e. The van der Waals surface area contributed by atoms with E-state index in [-0.39, 0.29) is 5.91 Å². The maximum absolute atomic E-state index is 12.1. The first-order valence-corrected chi connectivity index (χ1v) is 7.43. The van der Waals surface area contributed by atoms with E-state index in [9.17, 15) is 4.79 Å². The number of piperidine rings is 1. The highest BCUT2D eigenvalue weighted by Gasteiger charge is 2.18. The lowest BCUT2D eigenvalue weighted by atomic mass is 10.0. The van der Waals surface area contributed by atoms with Crippen LogP contribution in [0.1, 0.15) is 37.6 Å². The van der Waals surface area contributed by atoms with Gasteiger partial charge in [-0.25, -0.2) is 0 Å². The SMILES string of the molecule is Cc1cc(CN(C)C(=O)CCN2CCCC(C)C2)on1. The Morgan fingerprint density at radius 1 is 1.60 bits per heavy atom. The normalized spacial score (nSPS) is 20.1. The average molecular weight is 279 g/mol. The van der Waals surface area contributed by atoms with Gasteiger partial charge in [-0.15, -0.1) is 0 Å². The van der Waals surface area contributed by atoms with E-state index in [1.807, 2.05) is 20.0 Å². The molecule has 0 aliphatic carbocycles. The van der Waals surface area contributed by atoms with Crippen LogP contribution in [0.4, 0.5) is 0 Å². The zero-order chi connectivity index (χ0) is 14.5. The molecule has 2 heterocycles. The molecule has 0 radical (unpaired) electrons. The van der Waals surface area contributed by atoms with Gasteiger partial charge in [-0.3, -0.25) is 4.79 Å². The average Bonchev–Trinajstić information content (AvgIpc) is 2.81. The summed E-state index contributed by atoms with van der Waals surface area (Å²) < 4.78 is 5.14. The molecule has 0 spiro atoms. The maximum atomic E-state index is 12.1. The predicted molar refractivity (Wildman–Crippen MR) is 77.2 cm³/mol. The molecule has 0 aromatic carbocycles. The van der Waals surface area contributed by atoms with Crippen LogP contribution in [-0.4, -0.2) is 47.5 Å². The summed E-state index contributed by atoms with van der Waals surface area (Å²) >= 11 is 0. The highest BCUT2D eigenvalue weighted by Crippen LogP contribution is 2.15. The Bertz CT molecular complexity index is 444. The van der Waals surface area contributed by atoms with E-state index in [0.29, 0.717) is 13.0 Å². The second kappa shape index (κ2) is 6.88. The van der Waals surface area contributed by atoms with Crippen molar-refractivity contribution in [3.05, 3.63) is 17.5 Å². The van der Waals surface area contributed by atoms with Crippen molar-refractivity contribution in [2.75, 3.05) is 26.7 Å². The fourth-order valence-corrected chi connectivity index (χ4v) is 2.75. The number of nitrogens with zero attached hydrogens (tertiary/aromatic N) is 3. The van der Waals surface area contributed by atoms with Gasteiger partial charge in [0.05, 0.1) is 12.2 Å². The monoisotopic (exact) mass is 279 g/mol. The van der Waals surface area contributed by atoms with Gasteiger partial charge in [0, 0.05) is 32.6 Å². The number of aromatic nitrogens is 1. The Morgan fingerprint density at radius 2 is 2.40 bits per heavy atom. The Balaban J connectivity index is 1.73. The number of rotatable bonds is 5. The van der Waals surface area contributed by atoms with Crippen LogP contribution in [-0.2, 0) is 11.3 Å². The topological polar surface area (TPSA) is 49.6 Å². The summed E-state index contributed by atoms with van der Waals surface area (Å²) in [5, 5.41) is 3.84. The molecule has 1 aromatic rings. The van der Waals surface area contributed by atoms with Crippen molar-refractivity contribution in [1.29, 1.82) is 0 Å². The van der Waals surface area contributed by atoms with Crippen LogP contribution in [0.15, 0.2) is 10.6 Å². The molecular formula is C15H25N3O2. The second-order valence-electron chi connectivity index (χ2n) is 5.98. The molecule has 0 bridgehead atoms. The van der Waals surface area contributed by atoms with Crippen LogP contribution in [0, 0.1) is 12.8 Å². The van der Waals surface area contributed by atoms with E-state index < -0.39 is 0 Å². The van der Waals surface area contributed by atoms with Crippen molar-refractivity contribution in [2.45, 2.75) is 39.7 Å². The fourth-order valence-electron chi connectivity index (χ4n) is 2.75. The van der Waals surface area contributed by atoms with Crippen molar-refractivity contribution >= 4 is 5.91 Å². The molecule has 1 aromatic heterocycles. The molecule has 1 amide bonds. The van der Waals surface area contributed by atoms with Crippen molar-refractivity contribution in [1.82, 2.24) is 15.0 Å². The summed E-state index contributed by atoms with van der Waals surface area (Å²) in [7, 11) is 1.82. The second-order valence-corrected chi connectivity index (χ2v) is 5.98. The number of carbonyl (C=O) groups excluding carboxylic acids is 1. The first-order chi connectivity index (χ1) is 9.54. The number of hydrogen-bond acceptors (Lipinski definition) is 4. The van der Waals surface area contributed by atoms with Crippen LogP contribution in [0.2, 0.25) is 0 Å². The highest BCUT2D eigenvalue weighted by molar-refractivity contribution is 5.75.